The van der Waals surface area contributed by atoms with Crippen LogP contribution in [-0.4, -0.2) is 42.8 Å². The quantitative estimate of drug-likeness (QED) is 0.565. The van der Waals surface area contributed by atoms with Crippen molar-refractivity contribution >= 4 is 6.09 Å². The lowest BCUT2D eigenvalue weighted by atomic mass is 10.3. The standard InChI is InChI=1S/C16H26N2O5/c1-4-15(23-16(17)20)22-14-7-5-13(6-8-14)21-10-12(19)9-18-11(2)3/h5-8,11-12,15,18-19H,4,9-10H2,1-3H3,(H2,17,20). The summed E-state index contributed by atoms with van der Waals surface area (Å²) in [4.78, 5) is 10.7. The fourth-order valence-corrected chi connectivity index (χ4v) is 1.71. The zero-order valence-corrected chi connectivity index (χ0v) is 13.8. The van der Waals surface area contributed by atoms with Gasteiger partial charge < -0.3 is 30.4 Å². The van der Waals surface area contributed by atoms with Gasteiger partial charge in [0.1, 0.15) is 24.2 Å². The Labute approximate surface area is 136 Å². The largest absolute Gasteiger partial charge is 0.491 e. The van der Waals surface area contributed by atoms with Crippen LogP contribution >= 0.6 is 0 Å². The molecule has 1 aromatic rings. The molecule has 7 nitrogen and oxygen atoms in total. The maximum Gasteiger partial charge on any atom is 0.407 e. The van der Waals surface area contributed by atoms with Crippen LogP contribution in [0, 0.1) is 0 Å². The Balaban J connectivity index is 2.42. The van der Waals surface area contributed by atoms with Gasteiger partial charge in [0.15, 0.2) is 0 Å². The highest BCUT2D eigenvalue weighted by atomic mass is 16.7. The van der Waals surface area contributed by atoms with Crippen LogP contribution in [0.5, 0.6) is 11.5 Å². The van der Waals surface area contributed by atoms with Gasteiger partial charge in [-0.1, -0.05) is 20.8 Å². The SMILES string of the molecule is CCC(OC(N)=O)Oc1ccc(OCC(O)CNC(C)C)cc1. The van der Waals surface area contributed by atoms with Gasteiger partial charge in [0, 0.05) is 19.0 Å². The molecule has 0 heterocycles. The topological polar surface area (TPSA) is 103 Å². The fourth-order valence-electron chi connectivity index (χ4n) is 1.71. The molecule has 0 radical (unpaired) electrons. The third-order valence-corrected chi connectivity index (χ3v) is 2.88. The van der Waals surface area contributed by atoms with E-state index in [4.69, 9.17) is 19.9 Å². The van der Waals surface area contributed by atoms with E-state index in [9.17, 15) is 9.90 Å². The zero-order chi connectivity index (χ0) is 17.2. The molecule has 0 aromatic heterocycles. The first-order valence-corrected chi connectivity index (χ1v) is 7.67. The van der Waals surface area contributed by atoms with Gasteiger partial charge >= 0.3 is 6.09 Å². The molecular formula is C16H26N2O5. The van der Waals surface area contributed by atoms with Gasteiger partial charge in [-0.15, -0.1) is 0 Å². The zero-order valence-electron chi connectivity index (χ0n) is 13.8. The van der Waals surface area contributed by atoms with E-state index in [1.807, 2.05) is 20.8 Å². The molecule has 0 aliphatic carbocycles. The molecule has 2 unspecified atom stereocenters. The van der Waals surface area contributed by atoms with E-state index >= 15 is 0 Å². The molecule has 23 heavy (non-hydrogen) atoms. The number of ether oxygens (including phenoxy) is 3. The van der Waals surface area contributed by atoms with Crippen LogP contribution in [0.15, 0.2) is 24.3 Å². The summed E-state index contributed by atoms with van der Waals surface area (Å²) < 4.78 is 15.8. The molecule has 0 saturated carbocycles. The van der Waals surface area contributed by atoms with Crippen LogP contribution < -0.4 is 20.5 Å². The van der Waals surface area contributed by atoms with E-state index < -0.39 is 18.5 Å². The molecule has 1 rings (SSSR count). The van der Waals surface area contributed by atoms with Crippen molar-refractivity contribution in [2.75, 3.05) is 13.2 Å². The average Bonchev–Trinajstić information content (AvgIpc) is 2.51. The second-order valence-corrected chi connectivity index (χ2v) is 5.39. The first kappa shape index (κ1) is 19.1. The minimum Gasteiger partial charge on any atom is -0.491 e. The Kier molecular flexibility index (Phi) is 8.21. The first-order valence-electron chi connectivity index (χ1n) is 7.67. The summed E-state index contributed by atoms with van der Waals surface area (Å²) in [6, 6.07) is 7.14. The number of amides is 1. The van der Waals surface area contributed by atoms with Gasteiger partial charge in [-0.2, -0.15) is 0 Å². The molecule has 7 heteroatoms. The van der Waals surface area contributed by atoms with Gasteiger partial charge in [-0.3, -0.25) is 0 Å². The molecule has 0 aliphatic heterocycles. The number of carbonyl (C=O) groups excluding carboxylic acids is 1. The van der Waals surface area contributed by atoms with E-state index in [0.717, 1.165) is 0 Å². The van der Waals surface area contributed by atoms with Crippen molar-refractivity contribution < 1.29 is 24.1 Å². The van der Waals surface area contributed by atoms with Crippen LogP contribution in [0.1, 0.15) is 27.2 Å². The molecule has 1 aromatic carbocycles. The van der Waals surface area contributed by atoms with Crippen molar-refractivity contribution in [3.8, 4) is 11.5 Å². The minimum atomic E-state index is -0.874. The molecule has 130 valence electrons. The number of rotatable bonds is 10. The van der Waals surface area contributed by atoms with Gasteiger partial charge in [-0.25, -0.2) is 4.79 Å². The summed E-state index contributed by atoms with van der Waals surface area (Å²) in [6.07, 6.45) is -1.69. The highest BCUT2D eigenvalue weighted by molar-refractivity contribution is 5.64. The monoisotopic (exact) mass is 326 g/mol. The number of benzene rings is 1. The minimum absolute atomic E-state index is 0.197. The van der Waals surface area contributed by atoms with Gasteiger partial charge in [0.2, 0.25) is 6.29 Å². The molecule has 0 aliphatic rings. The summed E-state index contributed by atoms with van der Waals surface area (Å²) in [6.45, 7) is 6.51. The molecule has 0 spiro atoms. The lowest BCUT2D eigenvalue weighted by molar-refractivity contribution is -0.0302. The highest BCUT2D eigenvalue weighted by Gasteiger charge is 2.12. The maximum absolute atomic E-state index is 10.7. The normalized spacial score (nSPS) is 13.4. The summed E-state index contributed by atoms with van der Waals surface area (Å²) in [5.74, 6) is 1.15. The number of aliphatic hydroxyl groups excluding tert-OH is 1. The summed E-state index contributed by atoms with van der Waals surface area (Å²) in [5.41, 5.74) is 4.97. The predicted molar refractivity (Wildman–Crippen MR) is 86.5 cm³/mol. The van der Waals surface area contributed by atoms with E-state index in [-0.39, 0.29) is 6.61 Å². The summed E-state index contributed by atoms with van der Waals surface area (Å²) >= 11 is 0. The van der Waals surface area contributed by atoms with Crippen molar-refractivity contribution in [1.29, 1.82) is 0 Å². The molecule has 0 bridgehead atoms. The summed E-state index contributed by atoms with van der Waals surface area (Å²) in [7, 11) is 0. The van der Waals surface area contributed by atoms with Crippen LogP contribution in [0.25, 0.3) is 0 Å². The number of carbonyl (C=O) groups is 1. The second kappa shape index (κ2) is 9.91. The number of nitrogens with one attached hydrogen (secondary N) is 1. The van der Waals surface area contributed by atoms with Crippen molar-refractivity contribution in [3.05, 3.63) is 24.3 Å². The molecule has 4 N–H and O–H groups in total. The van der Waals surface area contributed by atoms with Crippen LogP contribution in [0.2, 0.25) is 0 Å². The van der Waals surface area contributed by atoms with Crippen LogP contribution in [-0.2, 0) is 4.74 Å². The van der Waals surface area contributed by atoms with Crippen molar-refractivity contribution in [1.82, 2.24) is 5.32 Å². The van der Waals surface area contributed by atoms with Gasteiger partial charge in [-0.05, 0) is 24.3 Å². The summed E-state index contributed by atoms with van der Waals surface area (Å²) in [5, 5.41) is 12.9. The Morgan fingerprint density at radius 3 is 2.39 bits per heavy atom. The lowest BCUT2D eigenvalue weighted by Crippen LogP contribution is -2.35. The number of primary amides is 1. The van der Waals surface area contributed by atoms with E-state index in [2.05, 4.69) is 5.32 Å². The van der Waals surface area contributed by atoms with Crippen LogP contribution in [0.3, 0.4) is 0 Å². The van der Waals surface area contributed by atoms with E-state index in [0.29, 0.717) is 30.5 Å². The number of aliphatic hydroxyl groups is 1. The Bertz CT molecular complexity index is 464. The van der Waals surface area contributed by atoms with E-state index in [1.54, 1.807) is 24.3 Å². The molecule has 2 atom stereocenters. The average molecular weight is 326 g/mol. The van der Waals surface area contributed by atoms with Crippen molar-refractivity contribution in [2.24, 2.45) is 5.73 Å². The first-order chi connectivity index (χ1) is 10.9. The lowest BCUT2D eigenvalue weighted by Gasteiger charge is -2.17. The molecular weight excluding hydrogens is 300 g/mol. The molecule has 1 amide bonds. The Morgan fingerprint density at radius 1 is 1.26 bits per heavy atom. The highest BCUT2D eigenvalue weighted by Crippen LogP contribution is 2.19. The fraction of sp³-hybridized carbons (Fsp3) is 0.562. The molecule has 0 fully saturated rings. The van der Waals surface area contributed by atoms with E-state index in [1.165, 1.54) is 0 Å². The Morgan fingerprint density at radius 2 is 1.87 bits per heavy atom. The van der Waals surface area contributed by atoms with Crippen LogP contribution in [0.4, 0.5) is 4.79 Å². The maximum atomic E-state index is 10.7. The second-order valence-electron chi connectivity index (χ2n) is 5.39. The number of nitrogens with two attached hydrogens (primary N) is 1. The number of hydrogen-bond acceptors (Lipinski definition) is 6. The smallest absolute Gasteiger partial charge is 0.407 e. The van der Waals surface area contributed by atoms with Gasteiger partial charge in [0.25, 0.3) is 0 Å². The Hall–Kier alpha value is -1.99. The third-order valence-electron chi connectivity index (χ3n) is 2.88. The van der Waals surface area contributed by atoms with Crippen molar-refractivity contribution in [3.63, 3.8) is 0 Å². The third kappa shape index (κ3) is 8.27. The predicted octanol–water partition coefficient (Wildman–Crippen LogP) is 1.63. The van der Waals surface area contributed by atoms with Crippen molar-refractivity contribution in [2.45, 2.75) is 45.6 Å². The number of hydrogen-bond donors (Lipinski definition) is 3. The van der Waals surface area contributed by atoms with Gasteiger partial charge in [0.05, 0.1) is 0 Å². The molecule has 0 saturated heterocycles.